The van der Waals surface area contributed by atoms with Crippen LogP contribution in [-0.2, 0) is 6.67 Å². The Balaban J connectivity index is 2.51. The zero-order chi connectivity index (χ0) is 11.5. The minimum atomic E-state index is -0.555. The fourth-order valence-electron chi connectivity index (χ4n) is 1.54. The van der Waals surface area contributed by atoms with Crippen LogP contribution in [0.2, 0.25) is 10.0 Å². The first-order valence-corrected chi connectivity index (χ1v) is 5.57. The molecule has 0 bridgehead atoms. The van der Waals surface area contributed by atoms with Crippen LogP contribution >= 0.6 is 23.2 Å². The van der Waals surface area contributed by atoms with Crippen LogP contribution in [0.5, 0.6) is 0 Å². The Morgan fingerprint density at radius 2 is 1.62 bits per heavy atom. The van der Waals surface area contributed by atoms with Crippen LogP contribution in [-0.4, -0.2) is 0 Å². The maximum atomic E-state index is 12.6. The molecule has 0 amide bonds. The lowest BCUT2D eigenvalue weighted by Crippen LogP contribution is -1.85. The van der Waals surface area contributed by atoms with E-state index in [1.54, 1.807) is 24.3 Å². The van der Waals surface area contributed by atoms with Crippen LogP contribution in [0.3, 0.4) is 0 Å². The zero-order valence-corrected chi connectivity index (χ0v) is 9.89. The van der Waals surface area contributed by atoms with Gasteiger partial charge in [0.2, 0.25) is 0 Å². The van der Waals surface area contributed by atoms with Crippen LogP contribution in [0.15, 0.2) is 42.5 Å². The molecule has 0 fully saturated rings. The van der Waals surface area contributed by atoms with Gasteiger partial charge >= 0.3 is 0 Å². The molecular formula is C13H9Cl2F. The third-order valence-electron chi connectivity index (χ3n) is 2.38. The topological polar surface area (TPSA) is 0 Å². The molecule has 0 aliphatic heterocycles. The van der Waals surface area contributed by atoms with Crippen LogP contribution in [0.4, 0.5) is 4.39 Å². The van der Waals surface area contributed by atoms with Gasteiger partial charge in [0.05, 0.1) is 5.02 Å². The minimum absolute atomic E-state index is 0.465. The van der Waals surface area contributed by atoms with Gasteiger partial charge in [-0.15, -0.1) is 0 Å². The summed E-state index contributed by atoms with van der Waals surface area (Å²) in [6.45, 7) is -0.555. The van der Waals surface area contributed by atoms with E-state index in [1.165, 1.54) is 0 Å². The maximum absolute atomic E-state index is 12.6. The number of hydrogen-bond donors (Lipinski definition) is 0. The van der Waals surface area contributed by atoms with Gasteiger partial charge in [-0.3, -0.25) is 0 Å². The second-order valence-corrected chi connectivity index (χ2v) is 4.23. The summed E-state index contributed by atoms with van der Waals surface area (Å²) >= 11 is 11.9. The van der Waals surface area contributed by atoms with Crippen LogP contribution < -0.4 is 0 Å². The molecule has 0 saturated heterocycles. The van der Waals surface area contributed by atoms with Crippen molar-refractivity contribution in [3.63, 3.8) is 0 Å². The molecule has 0 heterocycles. The largest absolute Gasteiger partial charge is 0.246 e. The molecule has 0 saturated carbocycles. The smallest absolute Gasteiger partial charge is 0.116 e. The van der Waals surface area contributed by atoms with Gasteiger partial charge in [-0.25, -0.2) is 4.39 Å². The van der Waals surface area contributed by atoms with Crippen molar-refractivity contribution in [2.24, 2.45) is 0 Å². The van der Waals surface area contributed by atoms with E-state index in [-0.39, 0.29) is 0 Å². The van der Waals surface area contributed by atoms with E-state index in [2.05, 4.69) is 0 Å². The molecule has 82 valence electrons. The Kier molecular flexibility index (Phi) is 3.47. The Morgan fingerprint density at radius 1 is 0.938 bits per heavy atom. The average Bonchev–Trinajstić information content (AvgIpc) is 2.31. The molecule has 2 rings (SSSR count). The van der Waals surface area contributed by atoms with Crippen molar-refractivity contribution >= 4 is 23.2 Å². The van der Waals surface area contributed by atoms with Crippen molar-refractivity contribution in [3.05, 3.63) is 58.1 Å². The summed E-state index contributed by atoms with van der Waals surface area (Å²) in [6, 6.07) is 12.7. The monoisotopic (exact) mass is 254 g/mol. The van der Waals surface area contributed by atoms with Gasteiger partial charge in [-0.05, 0) is 17.7 Å². The van der Waals surface area contributed by atoms with Crippen molar-refractivity contribution in [1.29, 1.82) is 0 Å². The lowest BCUT2D eigenvalue weighted by atomic mass is 10.0. The van der Waals surface area contributed by atoms with Crippen molar-refractivity contribution in [2.45, 2.75) is 6.67 Å². The molecule has 0 unspecified atom stereocenters. The molecule has 0 N–H and O–H groups in total. The molecule has 0 aromatic heterocycles. The summed E-state index contributed by atoms with van der Waals surface area (Å²) in [6.07, 6.45) is 0. The van der Waals surface area contributed by atoms with E-state index in [9.17, 15) is 4.39 Å². The van der Waals surface area contributed by atoms with E-state index in [0.29, 0.717) is 15.6 Å². The second kappa shape index (κ2) is 4.86. The number of hydrogen-bond acceptors (Lipinski definition) is 0. The number of benzene rings is 2. The third kappa shape index (κ3) is 2.21. The highest BCUT2D eigenvalue weighted by atomic mass is 35.5. The lowest BCUT2D eigenvalue weighted by molar-refractivity contribution is 0.485. The SMILES string of the molecule is FCc1cccc(-c2ccc(Cl)cc2)c1Cl. The number of rotatable bonds is 2. The highest BCUT2D eigenvalue weighted by molar-refractivity contribution is 6.34. The van der Waals surface area contributed by atoms with Gasteiger partial charge in [-0.1, -0.05) is 53.5 Å². The molecule has 0 spiro atoms. The quantitative estimate of drug-likeness (QED) is 0.697. The molecular weight excluding hydrogens is 246 g/mol. The average molecular weight is 255 g/mol. The number of halogens is 3. The van der Waals surface area contributed by atoms with Gasteiger partial charge in [-0.2, -0.15) is 0 Å². The van der Waals surface area contributed by atoms with E-state index in [4.69, 9.17) is 23.2 Å². The summed E-state index contributed by atoms with van der Waals surface area (Å²) in [5.74, 6) is 0. The van der Waals surface area contributed by atoms with Crippen LogP contribution in [0.1, 0.15) is 5.56 Å². The highest BCUT2D eigenvalue weighted by Crippen LogP contribution is 2.31. The highest BCUT2D eigenvalue weighted by Gasteiger charge is 2.07. The maximum Gasteiger partial charge on any atom is 0.116 e. The number of alkyl halides is 1. The van der Waals surface area contributed by atoms with E-state index >= 15 is 0 Å². The first-order chi connectivity index (χ1) is 7.72. The van der Waals surface area contributed by atoms with Crippen molar-refractivity contribution in [3.8, 4) is 11.1 Å². The molecule has 16 heavy (non-hydrogen) atoms. The normalized spacial score (nSPS) is 10.4. The van der Waals surface area contributed by atoms with Gasteiger partial charge < -0.3 is 0 Å². The van der Waals surface area contributed by atoms with E-state index in [1.807, 2.05) is 18.2 Å². The van der Waals surface area contributed by atoms with Gasteiger partial charge in [0, 0.05) is 16.1 Å². The van der Waals surface area contributed by atoms with E-state index < -0.39 is 6.67 Å². The Hall–Kier alpha value is -1.05. The molecule has 2 aromatic carbocycles. The molecule has 0 nitrogen and oxygen atoms in total. The Morgan fingerprint density at radius 3 is 2.25 bits per heavy atom. The van der Waals surface area contributed by atoms with Crippen molar-refractivity contribution in [1.82, 2.24) is 0 Å². The molecule has 0 radical (unpaired) electrons. The standard InChI is InChI=1S/C13H9Cl2F/c14-11-6-4-9(5-7-11)12-3-1-2-10(8-16)13(12)15/h1-7H,8H2. The summed E-state index contributed by atoms with van der Waals surface area (Å²) in [4.78, 5) is 0. The lowest BCUT2D eigenvalue weighted by Gasteiger charge is -2.07. The fraction of sp³-hybridized carbons (Fsp3) is 0.0769. The second-order valence-electron chi connectivity index (χ2n) is 3.42. The Bertz CT molecular complexity index is 492. The Labute approximate surface area is 104 Å². The van der Waals surface area contributed by atoms with Gasteiger partial charge in [0.15, 0.2) is 0 Å². The first kappa shape index (κ1) is 11.4. The molecule has 0 aliphatic carbocycles. The van der Waals surface area contributed by atoms with Gasteiger partial charge in [0.1, 0.15) is 6.67 Å². The summed E-state index contributed by atoms with van der Waals surface area (Å²) in [7, 11) is 0. The summed E-state index contributed by atoms with van der Waals surface area (Å²) in [5.41, 5.74) is 2.27. The first-order valence-electron chi connectivity index (χ1n) is 4.81. The molecule has 2 aromatic rings. The third-order valence-corrected chi connectivity index (χ3v) is 3.08. The zero-order valence-electron chi connectivity index (χ0n) is 8.38. The van der Waals surface area contributed by atoms with Gasteiger partial charge in [0.25, 0.3) is 0 Å². The minimum Gasteiger partial charge on any atom is -0.246 e. The van der Waals surface area contributed by atoms with Crippen LogP contribution in [0.25, 0.3) is 11.1 Å². The van der Waals surface area contributed by atoms with Crippen molar-refractivity contribution in [2.75, 3.05) is 0 Å². The van der Waals surface area contributed by atoms with E-state index in [0.717, 1.165) is 11.1 Å². The molecule has 0 atom stereocenters. The molecule has 3 heteroatoms. The predicted octanol–water partition coefficient (Wildman–Crippen LogP) is 5.13. The van der Waals surface area contributed by atoms with Crippen LogP contribution in [0, 0.1) is 0 Å². The summed E-state index contributed by atoms with van der Waals surface area (Å²) in [5, 5.41) is 1.13. The van der Waals surface area contributed by atoms with Crippen molar-refractivity contribution < 1.29 is 4.39 Å². The fourth-order valence-corrected chi connectivity index (χ4v) is 1.95. The summed E-state index contributed by atoms with van der Waals surface area (Å²) < 4.78 is 12.6. The predicted molar refractivity (Wildman–Crippen MR) is 66.7 cm³/mol. The molecule has 0 aliphatic rings.